The van der Waals surface area contributed by atoms with E-state index >= 15 is 0 Å². The first-order valence-electron chi connectivity index (χ1n) is 6.60. The van der Waals surface area contributed by atoms with E-state index in [0.29, 0.717) is 24.5 Å². The molecule has 1 aromatic carbocycles. The van der Waals surface area contributed by atoms with Crippen LogP contribution in [0.3, 0.4) is 0 Å². The van der Waals surface area contributed by atoms with Gasteiger partial charge >= 0.3 is 0 Å². The monoisotopic (exact) mass is 288 g/mol. The number of aromatic nitrogens is 2. The second-order valence-corrected chi connectivity index (χ2v) is 5.89. The Bertz CT molecular complexity index is 665. The molecule has 0 fully saturated rings. The maximum absolute atomic E-state index is 12.0. The normalized spacial score (nSPS) is 14.1. The van der Waals surface area contributed by atoms with Crippen LogP contribution in [0.1, 0.15) is 22.6 Å². The van der Waals surface area contributed by atoms with Crippen LogP contribution in [0.15, 0.2) is 34.0 Å². The Kier molecular flexibility index (Phi) is 3.89. The molecule has 4 nitrogen and oxygen atoms in total. The van der Waals surface area contributed by atoms with Gasteiger partial charge in [-0.3, -0.25) is 4.79 Å². The minimum absolute atomic E-state index is 0.0609. The second kappa shape index (κ2) is 5.81. The molecular weight excluding hydrogens is 272 g/mol. The maximum Gasteiger partial charge on any atom is 0.256 e. The minimum atomic E-state index is -0.0609. The molecule has 0 saturated carbocycles. The molecule has 1 aliphatic heterocycles. The van der Waals surface area contributed by atoms with Crippen molar-refractivity contribution in [1.29, 1.82) is 0 Å². The van der Waals surface area contributed by atoms with Crippen molar-refractivity contribution in [3.8, 4) is 0 Å². The molecule has 0 spiro atoms. The Morgan fingerprint density at radius 2 is 2.15 bits per heavy atom. The largest absolute Gasteiger partial charge is 0.376 e. The third kappa shape index (κ3) is 2.94. The van der Waals surface area contributed by atoms with Crippen molar-refractivity contribution in [3.63, 3.8) is 0 Å². The van der Waals surface area contributed by atoms with Gasteiger partial charge < -0.3 is 9.72 Å². The Morgan fingerprint density at radius 1 is 1.35 bits per heavy atom. The van der Waals surface area contributed by atoms with Gasteiger partial charge in [-0.15, -0.1) is 11.8 Å². The molecule has 0 aliphatic carbocycles. The molecule has 2 heterocycles. The third-order valence-corrected chi connectivity index (χ3v) is 4.30. The summed E-state index contributed by atoms with van der Waals surface area (Å²) < 4.78 is 5.29. The van der Waals surface area contributed by atoms with Crippen molar-refractivity contribution >= 4 is 11.8 Å². The van der Waals surface area contributed by atoms with Gasteiger partial charge in [-0.1, -0.05) is 17.7 Å². The number of thioether (sulfide) groups is 1. The number of benzene rings is 1. The van der Waals surface area contributed by atoms with Crippen LogP contribution < -0.4 is 5.56 Å². The average molecular weight is 288 g/mol. The number of nitrogens with one attached hydrogen (secondary N) is 1. The minimum Gasteiger partial charge on any atom is -0.376 e. The van der Waals surface area contributed by atoms with Crippen LogP contribution in [0.2, 0.25) is 0 Å². The van der Waals surface area contributed by atoms with Crippen LogP contribution >= 0.6 is 11.8 Å². The van der Waals surface area contributed by atoms with Crippen molar-refractivity contribution < 1.29 is 4.74 Å². The van der Waals surface area contributed by atoms with Gasteiger partial charge in [-0.05, 0) is 19.1 Å². The van der Waals surface area contributed by atoms with Crippen LogP contribution in [0.5, 0.6) is 0 Å². The maximum atomic E-state index is 12.0. The van der Waals surface area contributed by atoms with E-state index in [1.54, 1.807) is 11.8 Å². The number of nitrogens with zero attached hydrogens (tertiary/aromatic N) is 1. The standard InChI is InChI=1S/C15H16N2O2S/c1-10-2-4-11(5-3-10)20-9-14-16-13-6-7-19-8-12(13)15(18)17-14/h2-5H,6-9H2,1H3,(H,16,17,18). The van der Waals surface area contributed by atoms with Crippen molar-refractivity contribution in [1.82, 2.24) is 9.97 Å². The Morgan fingerprint density at radius 3 is 2.95 bits per heavy atom. The van der Waals surface area contributed by atoms with Gasteiger partial charge in [0.25, 0.3) is 5.56 Å². The molecule has 0 bridgehead atoms. The number of fused-ring (bicyclic) bond motifs is 1. The molecule has 0 saturated heterocycles. The van der Waals surface area contributed by atoms with E-state index in [4.69, 9.17) is 4.74 Å². The summed E-state index contributed by atoms with van der Waals surface area (Å²) in [5.74, 6) is 1.41. The van der Waals surface area contributed by atoms with Crippen molar-refractivity contribution in [2.45, 2.75) is 30.6 Å². The molecule has 0 unspecified atom stereocenters. The number of rotatable bonds is 3. The number of ether oxygens (including phenoxy) is 1. The first-order valence-corrected chi connectivity index (χ1v) is 7.59. The van der Waals surface area contributed by atoms with Gasteiger partial charge in [0, 0.05) is 11.3 Å². The summed E-state index contributed by atoms with van der Waals surface area (Å²) in [5, 5.41) is 0. The zero-order chi connectivity index (χ0) is 13.9. The lowest BCUT2D eigenvalue weighted by Crippen LogP contribution is -2.25. The lowest BCUT2D eigenvalue weighted by molar-refractivity contribution is 0.108. The molecule has 0 radical (unpaired) electrons. The van der Waals surface area contributed by atoms with E-state index in [1.807, 2.05) is 0 Å². The van der Waals surface area contributed by atoms with Gasteiger partial charge in [0.2, 0.25) is 0 Å². The third-order valence-electron chi connectivity index (χ3n) is 3.28. The summed E-state index contributed by atoms with van der Waals surface area (Å²) in [6, 6.07) is 8.35. The van der Waals surface area contributed by atoms with Crippen LogP contribution in [0, 0.1) is 6.92 Å². The fourth-order valence-electron chi connectivity index (χ4n) is 2.15. The summed E-state index contributed by atoms with van der Waals surface area (Å²) in [5.41, 5.74) is 2.75. The highest BCUT2D eigenvalue weighted by atomic mass is 32.2. The molecule has 0 amide bonds. The number of hydrogen-bond acceptors (Lipinski definition) is 4. The van der Waals surface area contributed by atoms with E-state index in [2.05, 4.69) is 41.2 Å². The van der Waals surface area contributed by atoms with Gasteiger partial charge in [-0.25, -0.2) is 4.98 Å². The molecule has 20 heavy (non-hydrogen) atoms. The summed E-state index contributed by atoms with van der Waals surface area (Å²) in [6.45, 7) is 3.09. The Balaban J connectivity index is 1.76. The summed E-state index contributed by atoms with van der Waals surface area (Å²) in [7, 11) is 0. The molecule has 2 aromatic rings. The van der Waals surface area contributed by atoms with Crippen LogP contribution in [-0.2, 0) is 23.5 Å². The smallest absolute Gasteiger partial charge is 0.256 e. The Hall–Kier alpha value is -1.59. The number of aromatic amines is 1. The van der Waals surface area contributed by atoms with E-state index in [-0.39, 0.29) is 5.56 Å². The van der Waals surface area contributed by atoms with Crippen molar-refractivity contribution in [3.05, 3.63) is 57.3 Å². The van der Waals surface area contributed by atoms with Crippen LogP contribution in [0.25, 0.3) is 0 Å². The first kappa shape index (κ1) is 13.4. The van der Waals surface area contributed by atoms with E-state index < -0.39 is 0 Å². The van der Waals surface area contributed by atoms with Gasteiger partial charge in [0.1, 0.15) is 5.82 Å². The van der Waals surface area contributed by atoms with E-state index in [0.717, 1.165) is 17.9 Å². The number of aryl methyl sites for hydroxylation is 1. The van der Waals surface area contributed by atoms with Crippen LogP contribution in [-0.4, -0.2) is 16.6 Å². The molecular formula is C15H16N2O2S. The lowest BCUT2D eigenvalue weighted by atomic mass is 10.1. The SMILES string of the molecule is Cc1ccc(SCc2nc3c(c(=O)[nH]2)COCC3)cc1. The highest BCUT2D eigenvalue weighted by molar-refractivity contribution is 7.98. The highest BCUT2D eigenvalue weighted by Crippen LogP contribution is 2.22. The molecule has 5 heteroatoms. The summed E-state index contributed by atoms with van der Waals surface area (Å²) >= 11 is 1.68. The molecule has 104 valence electrons. The van der Waals surface area contributed by atoms with E-state index in [1.165, 1.54) is 10.5 Å². The first-order chi connectivity index (χ1) is 9.72. The lowest BCUT2D eigenvalue weighted by Gasteiger charge is -2.15. The second-order valence-electron chi connectivity index (χ2n) is 4.84. The highest BCUT2D eigenvalue weighted by Gasteiger charge is 2.15. The van der Waals surface area contributed by atoms with E-state index in [9.17, 15) is 4.79 Å². The summed E-state index contributed by atoms with van der Waals surface area (Å²) in [6.07, 6.45) is 0.724. The van der Waals surface area contributed by atoms with Crippen molar-refractivity contribution in [2.24, 2.45) is 0 Å². The van der Waals surface area contributed by atoms with Crippen LogP contribution in [0.4, 0.5) is 0 Å². The van der Waals surface area contributed by atoms with Gasteiger partial charge in [0.15, 0.2) is 0 Å². The average Bonchev–Trinajstić information content (AvgIpc) is 2.47. The predicted molar refractivity (Wildman–Crippen MR) is 79.0 cm³/mol. The molecule has 1 aromatic heterocycles. The quantitative estimate of drug-likeness (QED) is 0.881. The zero-order valence-electron chi connectivity index (χ0n) is 11.3. The molecule has 0 atom stereocenters. The Labute approximate surface area is 121 Å². The zero-order valence-corrected chi connectivity index (χ0v) is 12.1. The molecule has 1 N–H and O–H groups in total. The van der Waals surface area contributed by atoms with Gasteiger partial charge in [-0.2, -0.15) is 0 Å². The fourth-order valence-corrected chi connectivity index (χ4v) is 2.92. The topological polar surface area (TPSA) is 55.0 Å². The number of H-pyrrole nitrogens is 1. The van der Waals surface area contributed by atoms with Crippen molar-refractivity contribution in [2.75, 3.05) is 6.61 Å². The fraction of sp³-hybridized carbons (Fsp3) is 0.333. The number of hydrogen-bond donors (Lipinski definition) is 1. The molecule has 1 aliphatic rings. The molecule has 3 rings (SSSR count). The summed E-state index contributed by atoms with van der Waals surface area (Å²) in [4.78, 5) is 20.5. The van der Waals surface area contributed by atoms with Gasteiger partial charge in [0.05, 0.1) is 30.2 Å². The predicted octanol–water partition coefficient (Wildman–Crippen LogP) is 2.44.